The van der Waals surface area contributed by atoms with Crippen molar-refractivity contribution in [2.45, 2.75) is 25.9 Å². The van der Waals surface area contributed by atoms with Gasteiger partial charge in [0, 0.05) is 12.1 Å². The molecule has 0 N–H and O–H groups in total. The molecule has 0 fully saturated rings. The number of carbonyl (C=O) groups excluding carboxylic acids is 1. The van der Waals surface area contributed by atoms with Gasteiger partial charge in [-0.2, -0.15) is 13.2 Å². The second-order valence-electron chi connectivity index (χ2n) is 8.47. The number of para-hydroxylation sites is 1. The first kappa shape index (κ1) is 27.3. The van der Waals surface area contributed by atoms with Crippen molar-refractivity contribution < 1.29 is 31.9 Å². The van der Waals surface area contributed by atoms with Crippen molar-refractivity contribution in [1.82, 2.24) is 0 Å². The van der Waals surface area contributed by atoms with E-state index in [1.54, 1.807) is 30.3 Å². The zero-order chi connectivity index (χ0) is 27.6. The molecule has 3 aromatic carbocycles. The van der Waals surface area contributed by atoms with Gasteiger partial charge in [-0.25, -0.2) is 4.79 Å². The maximum Gasteiger partial charge on any atom is 0.453 e. The molecule has 0 aliphatic heterocycles. The van der Waals surface area contributed by atoms with Crippen LogP contribution in [0.3, 0.4) is 0 Å². The van der Waals surface area contributed by atoms with Crippen LogP contribution in [0, 0.1) is 0 Å². The van der Waals surface area contributed by atoms with Crippen LogP contribution in [0.5, 0.6) is 17.2 Å². The molecule has 4 aromatic rings. The normalized spacial score (nSPS) is 11.9. The summed E-state index contributed by atoms with van der Waals surface area (Å²) in [5.74, 6) is -3.49. The number of halogens is 5. The molecular weight excluding hydrogens is 544 g/mol. The van der Waals surface area contributed by atoms with Crippen LogP contribution in [-0.2, 0) is 11.0 Å². The van der Waals surface area contributed by atoms with E-state index in [1.807, 2.05) is 13.8 Å². The van der Waals surface area contributed by atoms with E-state index < -0.39 is 34.7 Å². The molecule has 0 saturated heterocycles. The Bertz CT molecular complexity index is 1610. The molecular formula is C28H19Cl2F3O5. The number of benzene rings is 3. The third-order valence-electron chi connectivity index (χ3n) is 5.41. The lowest BCUT2D eigenvalue weighted by molar-refractivity contribution is -0.154. The average Bonchev–Trinajstić information content (AvgIpc) is 2.85. The zero-order valence-electron chi connectivity index (χ0n) is 19.9. The second kappa shape index (κ2) is 10.9. The first-order valence-electron chi connectivity index (χ1n) is 11.2. The van der Waals surface area contributed by atoms with Gasteiger partial charge in [0.1, 0.15) is 17.1 Å². The lowest BCUT2D eigenvalue weighted by atomic mass is 10.0. The summed E-state index contributed by atoms with van der Waals surface area (Å²) >= 11 is 11.8. The molecule has 0 bridgehead atoms. The summed E-state index contributed by atoms with van der Waals surface area (Å²) < 4.78 is 57.5. The molecule has 0 saturated carbocycles. The number of rotatable bonds is 6. The van der Waals surface area contributed by atoms with Crippen molar-refractivity contribution in [1.29, 1.82) is 0 Å². The molecule has 0 radical (unpaired) electrons. The van der Waals surface area contributed by atoms with Crippen LogP contribution in [0.15, 0.2) is 76.0 Å². The van der Waals surface area contributed by atoms with Crippen molar-refractivity contribution in [2.24, 2.45) is 0 Å². The van der Waals surface area contributed by atoms with E-state index in [0.717, 1.165) is 12.1 Å². The third kappa shape index (κ3) is 6.03. The fourth-order valence-electron chi connectivity index (χ4n) is 3.59. The van der Waals surface area contributed by atoms with Crippen LogP contribution in [0.1, 0.15) is 36.7 Å². The van der Waals surface area contributed by atoms with Gasteiger partial charge in [-0.05, 0) is 53.5 Å². The Hall–Kier alpha value is -3.75. The Morgan fingerprint density at radius 1 is 1.00 bits per heavy atom. The van der Waals surface area contributed by atoms with Gasteiger partial charge in [0.15, 0.2) is 0 Å². The van der Waals surface area contributed by atoms with Crippen molar-refractivity contribution in [3.63, 3.8) is 0 Å². The topological polar surface area (TPSA) is 65.7 Å². The van der Waals surface area contributed by atoms with Gasteiger partial charge in [0.2, 0.25) is 11.2 Å². The Morgan fingerprint density at radius 2 is 1.74 bits per heavy atom. The van der Waals surface area contributed by atoms with Gasteiger partial charge in [0.05, 0.1) is 15.4 Å². The predicted molar refractivity (Wildman–Crippen MR) is 139 cm³/mol. The molecule has 0 aliphatic carbocycles. The van der Waals surface area contributed by atoms with Crippen LogP contribution in [0.25, 0.3) is 17.0 Å². The monoisotopic (exact) mass is 562 g/mol. The van der Waals surface area contributed by atoms with Gasteiger partial charge >= 0.3 is 12.1 Å². The second-order valence-corrected chi connectivity index (χ2v) is 9.28. The number of fused-ring (bicyclic) bond motifs is 1. The molecule has 4 rings (SSSR count). The Labute approximate surface area is 225 Å². The number of hydrogen-bond donors (Lipinski definition) is 0. The van der Waals surface area contributed by atoms with E-state index >= 15 is 0 Å². The van der Waals surface area contributed by atoms with Crippen LogP contribution >= 0.6 is 23.2 Å². The molecule has 1 aromatic heterocycles. The smallest absolute Gasteiger partial charge is 0.449 e. The molecule has 1 heterocycles. The Morgan fingerprint density at radius 3 is 2.42 bits per heavy atom. The predicted octanol–water partition coefficient (Wildman–Crippen LogP) is 8.65. The largest absolute Gasteiger partial charge is 0.453 e. The molecule has 0 unspecified atom stereocenters. The fraction of sp³-hybridized carbons (Fsp3) is 0.143. The molecule has 38 heavy (non-hydrogen) atoms. The summed E-state index contributed by atoms with van der Waals surface area (Å²) in [5.41, 5.74) is -0.251. The minimum absolute atomic E-state index is 0.0731. The number of alkyl halides is 3. The average molecular weight is 563 g/mol. The maximum atomic E-state index is 13.9. The van der Waals surface area contributed by atoms with Crippen molar-refractivity contribution >= 4 is 46.2 Å². The number of hydrogen-bond acceptors (Lipinski definition) is 5. The number of carbonyl (C=O) groups is 1. The van der Waals surface area contributed by atoms with E-state index in [1.165, 1.54) is 30.3 Å². The van der Waals surface area contributed by atoms with Gasteiger partial charge in [0.25, 0.3) is 5.76 Å². The van der Waals surface area contributed by atoms with Gasteiger partial charge in [-0.1, -0.05) is 61.3 Å². The van der Waals surface area contributed by atoms with Crippen molar-refractivity contribution in [3.8, 4) is 17.2 Å². The lowest BCUT2D eigenvalue weighted by Crippen LogP contribution is -2.16. The van der Waals surface area contributed by atoms with E-state index in [-0.39, 0.29) is 22.8 Å². The van der Waals surface area contributed by atoms with E-state index in [9.17, 15) is 22.8 Å². The SMILES string of the molecule is CC(C)c1ccccc1Oc1c(C(F)(F)F)oc2cc(OC(=O)/C=C/c3ccc(Cl)c(Cl)c3)ccc2c1=O. The highest BCUT2D eigenvalue weighted by Gasteiger charge is 2.40. The van der Waals surface area contributed by atoms with Crippen LogP contribution < -0.4 is 14.9 Å². The maximum absolute atomic E-state index is 13.9. The molecule has 196 valence electrons. The first-order valence-corrected chi connectivity index (χ1v) is 12.0. The standard InChI is InChI=1S/C28H19Cl2F3O5/c1-15(2)18-5-3-4-6-22(18)37-26-25(35)19-10-9-17(14-23(19)38-27(26)28(31,32)33)36-24(34)12-8-16-7-11-20(29)21(30)13-16/h3-15H,1-2H3/b12-8+. The van der Waals surface area contributed by atoms with Crippen LogP contribution in [-0.4, -0.2) is 5.97 Å². The first-order chi connectivity index (χ1) is 17.9. The molecule has 0 atom stereocenters. The Balaban J connectivity index is 1.68. The summed E-state index contributed by atoms with van der Waals surface area (Å²) in [6.45, 7) is 3.69. The number of esters is 1. The van der Waals surface area contributed by atoms with E-state index in [0.29, 0.717) is 21.2 Å². The van der Waals surface area contributed by atoms with Crippen LogP contribution in [0.2, 0.25) is 10.0 Å². The molecule has 5 nitrogen and oxygen atoms in total. The molecule has 0 aliphatic rings. The van der Waals surface area contributed by atoms with E-state index in [2.05, 4.69) is 0 Å². The van der Waals surface area contributed by atoms with Gasteiger partial charge in [-0.15, -0.1) is 0 Å². The summed E-state index contributed by atoms with van der Waals surface area (Å²) in [7, 11) is 0. The highest BCUT2D eigenvalue weighted by atomic mass is 35.5. The Kier molecular flexibility index (Phi) is 7.85. The highest BCUT2D eigenvalue weighted by Crippen LogP contribution is 2.40. The quantitative estimate of drug-likeness (QED) is 0.134. The van der Waals surface area contributed by atoms with Crippen LogP contribution in [0.4, 0.5) is 13.2 Å². The molecule has 0 amide bonds. The van der Waals surface area contributed by atoms with Crippen molar-refractivity contribution in [3.05, 3.63) is 104 Å². The zero-order valence-corrected chi connectivity index (χ0v) is 21.4. The van der Waals surface area contributed by atoms with E-state index in [4.69, 9.17) is 37.1 Å². The lowest BCUT2D eigenvalue weighted by Gasteiger charge is -2.16. The van der Waals surface area contributed by atoms with Gasteiger partial charge < -0.3 is 13.9 Å². The number of ether oxygens (including phenoxy) is 2. The van der Waals surface area contributed by atoms with Crippen molar-refractivity contribution in [2.75, 3.05) is 0 Å². The van der Waals surface area contributed by atoms with Gasteiger partial charge in [-0.3, -0.25) is 4.79 Å². The third-order valence-corrected chi connectivity index (χ3v) is 6.15. The minimum atomic E-state index is -5.04. The summed E-state index contributed by atoms with van der Waals surface area (Å²) in [5, 5.41) is 0.462. The summed E-state index contributed by atoms with van der Waals surface area (Å²) in [6, 6.07) is 14.7. The summed E-state index contributed by atoms with van der Waals surface area (Å²) in [6.07, 6.45) is -2.51. The summed E-state index contributed by atoms with van der Waals surface area (Å²) in [4.78, 5) is 25.4. The fourth-order valence-corrected chi connectivity index (χ4v) is 3.90. The molecule has 0 spiro atoms. The highest BCUT2D eigenvalue weighted by molar-refractivity contribution is 6.42. The molecule has 10 heteroatoms. The minimum Gasteiger partial charge on any atom is -0.449 e.